The predicted octanol–water partition coefficient (Wildman–Crippen LogP) is 4.05. The second-order valence-electron chi connectivity index (χ2n) is 7.99. The van der Waals surface area contributed by atoms with Crippen molar-refractivity contribution in [3.63, 3.8) is 0 Å². The fraction of sp³-hybridized carbons (Fsp3) is 0.591. The number of carbonyl (C=O) groups is 1. The average Bonchev–Trinajstić information content (AvgIpc) is 3.21. The maximum atomic E-state index is 13.1. The molecule has 6 nitrogen and oxygen atoms in total. The van der Waals surface area contributed by atoms with E-state index in [1.807, 2.05) is 4.90 Å². The van der Waals surface area contributed by atoms with Gasteiger partial charge in [-0.15, -0.1) is 5.10 Å². The summed E-state index contributed by atoms with van der Waals surface area (Å²) in [6.07, 6.45) is 9.84. The Morgan fingerprint density at radius 3 is 2.89 bits per heavy atom. The molecule has 0 N–H and O–H groups in total. The summed E-state index contributed by atoms with van der Waals surface area (Å²) in [6.45, 7) is 7.04. The Bertz CT molecular complexity index is 830. The van der Waals surface area contributed by atoms with E-state index in [4.69, 9.17) is 0 Å². The molecule has 1 fully saturated rings. The number of hydrogen-bond acceptors (Lipinski definition) is 4. The summed E-state index contributed by atoms with van der Waals surface area (Å²) in [4.78, 5) is 17.5. The van der Waals surface area contributed by atoms with Crippen molar-refractivity contribution in [3.05, 3.63) is 35.7 Å². The van der Waals surface area contributed by atoms with Gasteiger partial charge in [0.15, 0.2) is 5.69 Å². The fourth-order valence-electron chi connectivity index (χ4n) is 4.61. The van der Waals surface area contributed by atoms with Crippen LogP contribution in [-0.4, -0.2) is 40.0 Å². The third-order valence-electron chi connectivity index (χ3n) is 6.07. The highest BCUT2D eigenvalue weighted by atomic mass is 16.2. The third-order valence-corrected chi connectivity index (χ3v) is 6.07. The minimum Gasteiger partial charge on any atom is -0.369 e. The summed E-state index contributed by atoms with van der Waals surface area (Å²) in [5.41, 5.74) is 4.06. The molecule has 1 amide bonds. The molecular weight excluding hydrogens is 350 g/mol. The van der Waals surface area contributed by atoms with Gasteiger partial charge in [0, 0.05) is 37.1 Å². The molecule has 28 heavy (non-hydrogen) atoms. The Kier molecular flexibility index (Phi) is 5.64. The number of anilines is 2. The van der Waals surface area contributed by atoms with E-state index in [0.29, 0.717) is 11.7 Å². The van der Waals surface area contributed by atoms with E-state index in [1.54, 1.807) is 10.9 Å². The topological polar surface area (TPSA) is 54.3 Å². The van der Waals surface area contributed by atoms with Crippen molar-refractivity contribution in [2.45, 2.75) is 71.4 Å². The lowest BCUT2D eigenvalue weighted by atomic mass is 9.96. The lowest BCUT2D eigenvalue weighted by molar-refractivity contribution is 0.0980. The van der Waals surface area contributed by atoms with Crippen LogP contribution in [0.1, 0.15) is 68.4 Å². The number of benzene rings is 1. The van der Waals surface area contributed by atoms with Crippen LogP contribution < -0.4 is 9.80 Å². The van der Waals surface area contributed by atoms with Crippen LogP contribution in [0.15, 0.2) is 24.4 Å². The van der Waals surface area contributed by atoms with Crippen molar-refractivity contribution in [2.75, 3.05) is 22.9 Å². The molecule has 0 spiro atoms. The van der Waals surface area contributed by atoms with Gasteiger partial charge in [0.1, 0.15) is 0 Å². The number of piperidine rings is 1. The average molecular weight is 382 g/mol. The number of nitrogens with zero attached hydrogens (tertiary/aromatic N) is 5. The molecule has 2 aliphatic heterocycles. The summed E-state index contributed by atoms with van der Waals surface area (Å²) in [7, 11) is 0. The first-order valence-corrected chi connectivity index (χ1v) is 10.8. The van der Waals surface area contributed by atoms with Crippen LogP contribution in [0.25, 0.3) is 0 Å². The molecule has 1 aromatic heterocycles. The van der Waals surface area contributed by atoms with Crippen molar-refractivity contribution >= 4 is 17.3 Å². The zero-order valence-corrected chi connectivity index (χ0v) is 17.1. The number of rotatable bonds is 5. The van der Waals surface area contributed by atoms with Gasteiger partial charge in [-0.2, -0.15) is 0 Å². The molecule has 0 saturated carbocycles. The molecule has 3 heterocycles. The first-order chi connectivity index (χ1) is 13.7. The van der Waals surface area contributed by atoms with Gasteiger partial charge in [-0.3, -0.25) is 9.48 Å². The number of amides is 1. The summed E-state index contributed by atoms with van der Waals surface area (Å²) in [6, 6.07) is 7.30. The highest BCUT2D eigenvalue weighted by molar-refractivity contribution is 6.05. The number of aryl methyl sites for hydroxylation is 2. The smallest absolute Gasteiger partial charge is 0.280 e. The van der Waals surface area contributed by atoms with E-state index < -0.39 is 0 Å². The van der Waals surface area contributed by atoms with E-state index in [9.17, 15) is 4.79 Å². The van der Waals surface area contributed by atoms with Crippen molar-refractivity contribution in [1.29, 1.82) is 0 Å². The third kappa shape index (κ3) is 3.64. The second-order valence-corrected chi connectivity index (χ2v) is 7.99. The van der Waals surface area contributed by atoms with Crippen LogP contribution in [0, 0.1) is 0 Å². The number of hydrogen-bond donors (Lipinski definition) is 0. The lowest BCUT2D eigenvalue weighted by Gasteiger charge is -2.38. The van der Waals surface area contributed by atoms with Gasteiger partial charge in [-0.1, -0.05) is 19.1 Å². The number of aromatic nitrogens is 3. The van der Waals surface area contributed by atoms with Crippen LogP contribution in [0.4, 0.5) is 11.4 Å². The molecule has 1 aromatic carbocycles. The van der Waals surface area contributed by atoms with Crippen LogP contribution >= 0.6 is 0 Å². The van der Waals surface area contributed by atoms with Crippen molar-refractivity contribution in [3.8, 4) is 0 Å². The van der Waals surface area contributed by atoms with Gasteiger partial charge in [0.25, 0.3) is 5.91 Å². The lowest BCUT2D eigenvalue weighted by Crippen LogP contribution is -2.39. The zero-order chi connectivity index (χ0) is 19.5. The van der Waals surface area contributed by atoms with Gasteiger partial charge >= 0.3 is 0 Å². The molecular formula is C22H31N5O. The van der Waals surface area contributed by atoms with E-state index in [0.717, 1.165) is 44.6 Å². The Morgan fingerprint density at radius 2 is 2.07 bits per heavy atom. The molecule has 1 saturated heterocycles. The fourth-order valence-corrected chi connectivity index (χ4v) is 4.61. The van der Waals surface area contributed by atoms with Gasteiger partial charge in [0.2, 0.25) is 0 Å². The van der Waals surface area contributed by atoms with Crippen molar-refractivity contribution in [1.82, 2.24) is 15.0 Å². The van der Waals surface area contributed by atoms with Gasteiger partial charge in [0.05, 0.1) is 6.20 Å². The molecule has 0 unspecified atom stereocenters. The van der Waals surface area contributed by atoms with E-state index >= 15 is 0 Å². The molecule has 1 atom stereocenters. The summed E-state index contributed by atoms with van der Waals surface area (Å²) >= 11 is 0. The minimum absolute atomic E-state index is 0.0412. The summed E-state index contributed by atoms with van der Waals surface area (Å²) in [5.74, 6) is -0.0412. The maximum Gasteiger partial charge on any atom is 0.280 e. The Balaban J connectivity index is 1.58. The minimum atomic E-state index is -0.0412. The first kappa shape index (κ1) is 19.0. The van der Waals surface area contributed by atoms with Crippen molar-refractivity contribution < 1.29 is 4.79 Å². The van der Waals surface area contributed by atoms with Gasteiger partial charge in [-0.25, -0.2) is 0 Å². The molecule has 0 radical (unpaired) electrons. The van der Waals surface area contributed by atoms with E-state index in [1.165, 1.54) is 36.9 Å². The molecule has 150 valence electrons. The van der Waals surface area contributed by atoms with Crippen LogP contribution in [0.5, 0.6) is 0 Å². The summed E-state index contributed by atoms with van der Waals surface area (Å²) < 4.78 is 1.75. The second kappa shape index (κ2) is 8.33. The standard InChI is InChI=1S/C22H31N5O/c1-3-12-25-16-20(23-24-25)22(28)27-14-7-8-17-15-19(10-11-21(17)27)26-13-6-5-9-18(26)4-2/h10-11,15-16,18H,3-9,12-14H2,1-2H3/t18-/m1/s1. The van der Waals surface area contributed by atoms with E-state index in [2.05, 4.69) is 47.3 Å². The largest absolute Gasteiger partial charge is 0.369 e. The zero-order valence-electron chi connectivity index (χ0n) is 17.1. The summed E-state index contributed by atoms with van der Waals surface area (Å²) in [5, 5.41) is 8.19. The van der Waals surface area contributed by atoms with E-state index in [-0.39, 0.29) is 5.91 Å². The molecule has 0 bridgehead atoms. The maximum absolute atomic E-state index is 13.1. The molecule has 2 aromatic rings. The van der Waals surface area contributed by atoms with Crippen molar-refractivity contribution in [2.24, 2.45) is 0 Å². The van der Waals surface area contributed by atoms with Crippen LogP contribution in [0.3, 0.4) is 0 Å². The monoisotopic (exact) mass is 381 g/mol. The molecule has 4 rings (SSSR count). The van der Waals surface area contributed by atoms with Gasteiger partial charge in [-0.05, 0) is 68.7 Å². The van der Waals surface area contributed by atoms with Gasteiger partial charge < -0.3 is 9.80 Å². The highest BCUT2D eigenvalue weighted by Gasteiger charge is 2.27. The van der Waals surface area contributed by atoms with Crippen LogP contribution in [0.2, 0.25) is 0 Å². The normalized spacial score (nSPS) is 19.6. The number of fused-ring (bicyclic) bond motifs is 1. The Hall–Kier alpha value is -2.37. The SMILES string of the molecule is CCCn1cc(C(=O)N2CCCc3cc(N4CCCC[C@H]4CC)ccc32)nn1. The molecule has 6 heteroatoms. The quantitative estimate of drug-likeness (QED) is 0.784. The Morgan fingerprint density at radius 1 is 1.18 bits per heavy atom. The highest BCUT2D eigenvalue weighted by Crippen LogP contribution is 2.34. The predicted molar refractivity (Wildman–Crippen MR) is 112 cm³/mol. The number of carbonyl (C=O) groups excluding carboxylic acids is 1. The Labute approximate surface area is 167 Å². The first-order valence-electron chi connectivity index (χ1n) is 10.8. The molecule has 0 aliphatic carbocycles. The van der Waals surface area contributed by atoms with Crippen LogP contribution in [-0.2, 0) is 13.0 Å². The molecule has 2 aliphatic rings.